The minimum absolute atomic E-state index is 0.221. The Balaban J connectivity index is 1.39. The van der Waals surface area contributed by atoms with Crippen molar-refractivity contribution in [3.05, 3.63) is 83.4 Å². The number of hydrogen-bond donors (Lipinski definition) is 4. The van der Waals surface area contributed by atoms with E-state index in [9.17, 15) is 14.4 Å². The van der Waals surface area contributed by atoms with Crippen molar-refractivity contribution in [1.82, 2.24) is 10.6 Å². The Hall–Kier alpha value is -3.71. The van der Waals surface area contributed by atoms with Crippen molar-refractivity contribution >= 4 is 28.6 Å². The molecule has 0 unspecified atom stereocenters. The first-order chi connectivity index (χ1) is 17.3. The number of rotatable bonds is 9. The monoisotopic (exact) mass is 488 g/mol. The van der Waals surface area contributed by atoms with Crippen LogP contribution in [0, 0.1) is 0 Å². The van der Waals surface area contributed by atoms with Gasteiger partial charge < -0.3 is 20.8 Å². The molecule has 0 spiro atoms. The molecule has 7 nitrogen and oxygen atoms in total. The Bertz CT molecular complexity index is 1230. The predicted octanol–water partition coefficient (Wildman–Crippen LogP) is 4.87. The lowest BCUT2D eigenvalue weighted by atomic mass is 9.80. The van der Waals surface area contributed by atoms with Crippen molar-refractivity contribution in [1.29, 1.82) is 0 Å². The highest BCUT2D eigenvalue weighted by atomic mass is 16.4. The van der Waals surface area contributed by atoms with Gasteiger partial charge >= 0.3 is 11.9 Å². The Morgan fingerprint density at radius 1 is 0.944 bits per heavy atom. The van der Waals surface area contributed by atoms with Crippen LogP contribution in [0.25, 0.3) is 10.8 Å². The molecule has 0 heterocycles. The summed E-state index contributed by atoms with van der Waals surface area (Å²) in [4.78, 5) is 34.6. The number of carbonyl (C=O) groups excluding carboxylic acids is 1. The van der Waals surface area contributed by atoms with E-state index < -0.39 is 30.3 Å². The number of amides is 1. The SMILES string of the molecule is C[C@@H](N[C@H]1CCC[C@H](c2ccc(C(=O)N[C@@H](CC(=O)O)C(=O)O)cc2)C1)c1cccc2ccccc12. The molecule has 4 rings (SSSR count). The molecule has 0 bridgehead atoms. The zero-order chi connectivity index (χ0) is 25.7. The number of aliphatic carboxylic acids is 2. The maximum Gasteiger partial charge on any atom is 0.326 e. The van der Waals surface area contributed by atoms with E-state index >= 15 is 0 Å². The second kappa shape index (κ2) is 11.4. The highest BCUT2D eigenvalue weighted by molar-refractivity contribution is 5.97. The molecule has 3 aromatic rings. The van der Waals surface area contributed by atoms with Gasteiger partial charge in [0.15, 0.2) is 0 Å². The molecule has 0 aliphatic heterocycles. The lowest BCUT2D eigenvalue weighted by Gasteiger charge is -2.32. The van der Waals surface area contributed by atoms with Gasteiger partial charge in [-0.05, 0) is 66.1 Å². The summed E-state index contributed by atoms with van der Waals surface area (Å²) in [6.45, 7) is 2.22. The Labute approximate surface area is 210 Å². The second-order valence-electron chi connectivity index (χ2n) is 9.60. The highest BCUT2D eigenvalue weighted by Crippen LogP contribution is 2.34. The van der Waals surface area contributed by atoms with E-state index in [1.165, 1.54) is 16.3 Å². The molecule has 1 fully saturated rings. The van der Waals surface area contributed by atoms with E-state index in [2.05, 4.69) is 60.0 Å². The number of carboxylic acids is 2. The number of fused-ring (bicyclic) bond motifs is 1. The first-order valence-corrected chi connectivity index (χ1v) is 12.4. The molecule has 3 aromatic carbocycles. The van der Waals surface area contributed by atoms with Crippen LogP contribution in [0.4, 0.5) is 0 Å². The molecule has 36 heavy (non-hydrogen) atoms. The lowest BCUT2D eigenvalue weighted by molar-refractivity contribution is -0.145. The van der Waals surface area contributed by atoms with E-state index in [0.717, 1.165) is 31.2 Å². The number of hydrogen-bond acceptors (Lipinski definition) is 4. The maximum absolute atomic E-state index is 12.5. The van der Waals surface area contributed by atoms with E-state index in [-0.39, 0.29) is 6.04 Å². The smallest absolute Gasteiger partial charge is 0.326 e. The van der Waals surface area contributed by atoms with Crippen molar-refractivity contribution in [2.24, 2.45) is 0 Å². The van der Waals surface area contributed by atoms with Gasteiger partial charge in [-0.1, -0.05) is 61.0 Å². The van der Waals surface area contributed by atoms with Gasteiger partial charge in [-0.15, -0.1) is 0 Å². The highest BCUT2D eigenvalue weighted by Gasteiger charge is 2.26. The van der Waals surface area contributed by atoms with Gasteiger partial charge in [0.1, 0.15) is 6.04 Å². The molecule has 0 radical (unpaired) electrons. The summed E-state index contributed by atoms with van der Waals surface area (Å²) in [6.07, 6.45) is 3.63. The largest absolute Gasteiger partial charge is 0.481 e. The fourth-order valence-corrected chi connectivity index (χ4v) is 5.24. The number of benzene rings is 3. The van der Waals surface area contributed by atoms with Crippen molar-refractivity contribution in [2.75, 3.05) is 0 Å². The standard InChI is InChI=1S/C29H32N2O5/c1-18(24-11-5-7-20-6-2-3-10-25(20)24)30-23-9-4-8-22(16-23)19-12-14-21(15-13-19)28(34)31-26(29(35)36)17-27(32)33/h2-3,5-7,10-15,18,22-23,26,30H,4,8-9,16-17H2,1H3,(H,31,34)(H,32,33)(H,35,36)/t18-,22+,23+,26+/m1/s1. The van der Waals surface area contributed by atoms with E-state index in [1.807, 2.05) is 12.1 Å². The Morgan fingerprint density at radius 2 is 1.67 bits per heavy atom. The summed E-state index contributed by atoms with van der Waals surface area (Å²) in [5.41, 5.74) is 2.76. The molecule has 188 valence electrons. The minimum Gasteiger partial charge on any atom is -0.481 e. The van der Waals surface area contributed by atoms with Crippen molar-refractivity contribution < 1.29 is 24.6 Å². The summed E-state index contributed by atoms with van der Waals surface area (Å²) >= 11 is 0. The van der Waals surface area contributed by atoms with E-state index in [4.69, 9.17) is 10.2 Å². The third kappa shape index (κ3) is 6.10. The summed E-state index contributed by atoms with van der Waals surface area (Å²) < 4.78 is 0. The van der Waals surface area contributed by atoms with Gasteiger partial charge in [-0.2, -0.15) is 0 Å². The van der Waals surface area contributed by atoms with Crippen LogP contribution in [0.1, 0.15) is 72.5 Å². The third-order valence-corrected chi connectivity index (χ3v) is 7.08. The molecule has 0 aromatic heterocycles. The molecule has 7 heteroatoms. The van der Waals surface area contributed by atoms with Crippen LogP contribution in [-0.4, -0.2) is 40.1 Å². The Morgan fingerprint density at radius 3 is 2.39 bits per heavy atom. The number of nitrogens with one attached hydrogen (secondary N) is 2. The molecular formula is C29H32N2O5. The van der Waals surface area contributed by atoms with Gasteiger partial charge in [0.05, 0.1) is 6.42 Å². The molecule has 4 atom stereocenters. The molecule has 1 aliphatic rings. The molecule has 4 N–H and O–H groups in total. The summed E-state index contributed by atoms with van der Waals surface area (Å²) in [6, 6.07) is 21.2. The minimum atomic E-state index is -1.47. The average molecular weight is 489 g/mol. The van der Waals surface area contributed by atoms with Gasteiger partial charge in [0.25, 0.3) is 5.91 Å². The maximum atomic E-state index is 12.5. The predicted molar refractivity (Wildman–Crippen MR) is 138 cm³/mol. The number of carboxylic acid groups (broad SMARTS) is 2. The molecule has 1 saturated carbocycles. The van der Waals surface area contributed by atoms with Crippen molar-refractivity contribution in [3.63, 3.8) is 0 Å². The topological polar surface area (TPSA) is 116 Å². The average Bonchev–Trinajstić information content (AvgIpc) is 2.87. The third-order valence-electron chi connectivity index (χ3n) is 7.08. The lowest BCUT2D eigenvalue weighted by Crippen LogP contribution is -2.42. The summed E-state index contributed by atoms with van der Waals surface area (Å²) in [5.74, 6) is -2.89. The van der Waals surface area contributed by atoms with Crippen molar-refractivity contribution in [3.8, 4) is 0 Å². The van der Waals surface area contributed by atoms with Gasteiger partial charge in [-0.3, -0.25) is 9.59 Å². The molecule has 1 amide bonds. The van der Waals surface area contributed by atoms with Gasteiger partial charge in [0.2, 0.25) is 0 Å². The van der Waals surface area contributed by atoms with Crippen LogP contribution in [0.15, 0.2) is 66.7 Å². The Kier molecular flexibility index (Phi) is 8.00. The second-order valence-corrected chi connectivity index (χ2v) is 9.60. The fraction of sp³-hybridized carbons (Fsp3) is 0.345. The van der Waals surface area contributed by atoms with Crippen LogP contribution in [0.3, 0.4) is 0 Å². The summed E-state index contributed by atoms with van der Waals surface area (Å²) in [7, 11) is 0. The van der Waals surface area contributed by atoms with Gasteiger partial charge in [-0.25, -0.2) is 4.79 Å². The van der Waals surface area contributed by atoms with E-state index in [1.54, 1.807) is 12.1 Å². The first-order valence-electron chi connectivity index (χ1n) is 12.4. The zero-order valence-electron chi connectivity index (χ0n) is 20.3. The molecular weight excluding hydrogens is 456 g/mol. The quantitative estimate of drug-likeness (QED) is 0.341. The van der Waals surface area contributed by atoms with Crippen LogP contribution in [0.5, 0.6) is 0 Å². The molecule has 1 aliphatic carbocycles. The van der Waals surface area contributed by atoms with Gasteiger partial charge in [0, 0.05) is 17.6 Å². The van der Waals surface area contributed by atoms with Crippen molar-refractivity contribution in [2.45, 2.75) is 63.1 Å². The fourth-order valence-electron chi connectivity index (χ4n) is 5.24. The normalized spacial score (nSPS) is 19.4. The van der Waals surface area contributed by atoms with Crippen LogP contribution < -0.4 is 10.6 Å². The van der Waals surface area contributed by atoms with Crippen LogP contribution in [-0.2, 0) is 9.59 Å². The van der Waals surface area contributed by atoms with E-state index in [0.29, 0.717) is 17.5 Å². The van der Waals surface area contributed by atoms with Crippen LogP contribution >= 0.6 is 0 Å². The zero-order valence-corrected chi connectivity index (χ0v) is 20.3. The molecule has 0 saturated heterocycles. The van der Waals surface area contributed by atoms with Crippen LogP contribution in [0.2, 0.25) is 0 Å². The number of carbonyl (C=O) groups is 3. The first kappa shape index (κ1) is 25.4. The summed E-state index contributed by atoms with van der Waals surface area (Å²) in [5, 5.41) is 26.7.